The van der Waals surface area contributed by atoms with Crippen LogP contribution in [0, 0.1) is 5.92 Å². The van der Waals surface area contributed by atoms with E-state index in [2.05, 4.69) is 51.1 Å². The SMILES string of the molecule is CC1CNCCN1c1cccc2c1ncn2C1CCN(CC2CCCCCCC2)CC1. The molecule has 1 aromatic carbocycles. The van der Waals surface area contributed by atoms with Crippen molar-refractivity contribution < 1.29 is 0 Å². The van der Waals surface area contributed by atoms with Gasteiger partial charge in [0.2, 0.25) is 0 Å². The van der Waals surface area contributed by atoms with Gasteiger partial charge in [-0.1, -0.05) is 38.2 Å². The number of nitrogens with zero attached hydrogens (tertiary/aromatic N) is 4. The van der Waals surface area contributed by atoms with Crippen molar-refractivity contribution in [1.29, 1.82) is 0 Å². The smallest absolute Gasteiger partial charge is 0.112 e. The number of hydrogen-bond acceptors (Lipinski definition) is 4. The molecule has 3 aliphatic rings. The predicted octanol–water partition coefficient (Wildman–Crippen LogP) is 4.83. The van der Waals surface area contributed by atoms with Crippen LogP contribution in [-0.2, 0) is 0 Å². The minimum absolute atomic E-state index is 0.515. The molecule has 0 amide bonds. The normalized spacial score (nSPS) is 25.6. The fourth-order valence-corrected chi connectivity index (χ4v) is 6.23. The van der Waals surface area contributed by atoms with Crippen LogP contribution in [-0.4, -0.2) is 59.8 Å². The molecule has 2 saturated heterocycles. The van der Waals surface area contributed by atoms with Crippen molar-refractivity contribution in [3.05, 3.63) is 24.5 Å². The molecule has 1 atom stereocenters. The van der Waals surface area contributed by atoms with Gasteiger partial charge in [-0.2, -0.15) is 0 Å². The van der Waals surface area contributed by atoms with Crippen LogP contribution in [0.4, 0.5) is 5.69 Å². The number of para-hydroxylation sites is 1. The predicted molar refractivity (Wildman–Crippen MR) is 130 cm³/mol. The molecule has 1 unspecified atom stereocenters. The van der Waals surface area contributed by atoms with Crippen molar-refractivity contribution in [3.8, 4) is 0 Å². The van der Waals surface area contributed by atoms with Crippen LogP contribution in [0.1, 0.15) is 70.8 Å². The number of nitrogens with one attached hydrogen (secondary N) is 1. The first kappa shape index (κ1) is 21.3. The summed E-state index contributed by atoms with van der Waals surface area (Å²) >= 11 is 0. The number of benzene rings is 1. The zero-order valence-electron chi connectivity index (χ0n) is 19.4. The van der Waals surface area contributed by atoms with Crippen molar-refractivity contribution in [3.63, 3.8) is 0 Å². The highest BCUT2D eigenvalue weighted by Crippen LogP contribution is 2.33. The largest absolute Gasteiger partial charge is 0.364 e. The minimum atomic E-state index is 0.515. The van der Waals surface area contributed by atoms with E-state index in [9.17, 15) is 0 Å². The van der Waals surface area contributed by atoms with Gasteiger partial charge in [-0.05, 0) is 50.7 Å². The molecule has 5 rings (SSSR count). The van der Waals surface area contributed by atoms with Gasteiger partial charge in [-0.25, -0.2) is 4.98 Å². The fraction of sp³-hybridized carbons (Fsp3) is 0.731. The second-order valence-electron chi connectivity index (χ2n) is 10.3. The van der Waals surface area contributed by atoms with Gasteiger partial charge in [-0.3, -0.25) is 0 Å². The average molecular weight is 424 g/mol. The number of imidazole rings is 1. The molecule has 2 aromatic rings. The third-order valence-electron chi connectivity index (χ3n) is 8.09. The summed E-state index contributed by atoms with van der Waals surface area (Å²) in [6.07, 6.45) is 14.8. The summed E-state index contributed by atoms with van der Waals surface area (Å²) in [5, 5.41) is 3.51. The number of piperidine rings is 1. The van der Waals surface area contributed by atoms with E-state index in [-0.39, 0.29) is 0 Å². The molecule has 2 aliphatic heterocycles. The van der Waals surface area contributed by atoms with E-state index in [4.69, 9.17) is 4.98 Å². The topological polar surface area (TPSA) is 36.3 Å². The molecule has 1 saturated carbocycles. The van der Waals surface area contributed by atoms with E-state index in [0.29, 0.717) is 12.1 Å². The number of fused-ring (bicyclic) bond motifs is 1. The van der Waals surface area contributed by atoms with Crippen LogP contribution in [0.15, 0.2) is 24.5 Å². The molecule has 0 radical (unpaired) electrons. The third-order valence-corrected chi connectivity index (χ3v) is 8.09. The van der Waals surface area contributed by atoms with Crippen molar-refractivity contribution in [2.24, 2.45) is 5.92 Å². The number of rotatable bonds is 4. The summed E-state index contributed by atoms with van der Waals surface area (Å²) < 4.78 is 2.48. The summed E-state index contributed by atoms with van der Waals surface area (Å²) in [6, 6.07) is 7.88. The molecule has 1 aromatic heterocycles. The zero-order valence-corrected chi connectivity index (χ0v) is 19.4. The van der Waals surface area contributed by atoms with Crippen molar-refractivity contribution in [2.75, 3.05) is 44.2 Å². The standard InChI is InChI=1S/C26H41N5/c1-21-18-27-14-17-30(21)24-10-7-11-25-26(24)28-20-31(25)23-12-15-29(16-13-23)19-22-8-5-3-2-4-6-9-22/h7,10-11,20-23,27H,2-6,8-9,12-19H2,1H3. The first-order valence-electron chi connectivity index (χ1n) is 12.9. The van der Waals surface area contributed by atoms with Crippen molar-refractivity contribution in [2.45, 2.75) is 76.8 Å². The molecular formula is C26H41N5. The van der Waals surface area contributed by atoms with Crippen LogP contribution >= 0.6 is 0 Å². The monoisotopic (exact) mass is 423 g/mol. The summed E-state index contributed by atoms with van der Waals surface area (Å²) in [5.41, 5.74) is 3.82. The quantitative estimate of drug-likeness (QED) is 0.764. The van der Waals surface area contributed by atoms with E-state index in [1.165, 1.54) is 94.1 Å². The number of likely N-dealkylation sites (tertiary alicyclic amines) is 1. The van der Waals surface area contributed by atoms with Crippen LogP contribution in [0.25, 0.3) is 11.0 Å². The van der Waals surface area contributed by atoms with Gasteiger partial charge >= 0.3 is 0 Å². The third kappa shape index (κ3) is 4.78. The van der Waals surface area contributed by atoms with Crippen molar-refractivity contribution >= 4 is 16.7 Å². The van der Waals surface area contributed by atoms with Crippen LogP contribution in [0.2, 0.25) is 0 Å². The van der Waals surface area contributed by atoms with Crippen LogP contribution < -0.4 is 10.2 Å². The fourth-order valence-electron chi connectivity index (χ4n) is 6.23. The molecule has 0 spiro atoms. The summed E-state index contributed by atoms with van der Waals surface area (Å²) in [4.78, 5) is 10.2. The molecular weight excluding hydrogens is 382 g/mol. The van der Waals surface area contributed by atoms with E-state index in [1.807, 2.05) is 0 Å². The van der Waals surface area contributed by atoms with Gasteiger partial charge in [0.05, 0.1) is 17.5 Å². The van der Waals surface area contributed by atoms with E-state index in [1.54, 1.807) is 0 Å². The van der Waals surface area contributed by atoms with Crippen LogP contribution in [0.3, 0.4) is 0 Å². The van der Waals surface area contributed by atoms with E-state index < -0.39 is 0 Å². The molecule has 3 fully saturated rings. The maximum atomic E-state index is 4.92. The van der Waals surface area contributed by atoms with Crippen molar-refractivity contribution in [1.82, 2.24) is 19.8 Å². The molecule has 3 heterocycles. The lowest BCUT2D eigenvalue weighted by atomic mass is 9.90. The Kier molecular flexibility index (Phi) is 6.80. The van der Waals surface area contributed by atoms with E-state index >= 15 is 0 Å². The molecule has 0 bridgehead atoms. The maximum absolute atomic E-state index is 4.92. The zero-order chi connectivity index (χ0) is 21.0. The summed E-state index contributed by atoms with van der Waals surface area (Å²) in [7, 11) is 0. The molecule has 1 N–H and O–H groups in total. The molecule has 1 aliphatic carbocycles. The van der Waals surface area contributed by atoms with Gasteiger partial charge < -0.3 is 19.7 Å². The first-order chi connectivity index (χ1) is 15.3. The lowest BCUT2D eigenvalue weighted by Crippen LogP contribution is -2.50. The Morgan fingerprint density at radius 2 is 1.74 bits per heavy atom. The second kappa shape index (κ2) is 9.91. The summed E-state index contributed by atoms with van der Waals surface area (Å²) in [6.45, 7) is 9.31. The van der Waals surface area contributed by atoms with Gasteiger partial charge in [0.25, 0.3) is 0 Å². The highest BCUT2D eigenvalue weighted by molar-refractivity contribution is 5.89. The Bertz CT molecular complexity index is 829. The summed E-state index contributed by atoms with van der Waals surface area (Å²) in [5.74, 6) is 0.939. The number of hydrogen-bond donors (Lipinski definition) is 1. The molecule has 170 valence electrons. The molecule has 5 nitrogen and oxygen atoms in total. The number of anilines is 1. The second-order valence-corrected chi connectivity index (χ2v) is 10.3. The van der Waals surface area contributed by atoms with Gasteiger partial charge in [0.1, 0.15) is 5.52 Å². The Labute approximate surface area is 188 Å². The van der Waals surface area contributed by atoms with Gasteiger partial charge in [0.15, 0.2) is 0 Å². The van der Waals surface area contributed by atoms with Gasteiger partial charge in [0, 0.05) is 51.4 Å². The Hall–Kier alpha value is -1.59. The van der Waals surface area contributed by atoms with Crippen LogP contribution in [0.5, 0.6) is 0 Å². The average Bonchev–Trinajstić information content (AvgIpc) is 3.21. The Morgan fingerprint density at radius 3 is 2.52 bits per heavy atom. The Morgan fingerprint density at radius 1 is 0.968 bits per heavy atom. The van der Waals surface area contributed by atoms with E-state index in [0.717, 1.165) is 25.6 Å². The minimum Gasteiger partial charge on any atom is -0.364 e. The molecule has 31 heavy (non-hydrogen) atoms. The van der Waals surface area contributed by atoms with Gasteiger partial charge in [-0.15, -0.1) is 0 Å². The Balaban J connectivity index is 1.24. The highest BCUT2D eigenvalue weighted by Gasteiger charge is 2.26. The molecule has 5 heteroatoms. The highest BCUT2D eigenvalue weighted by atomic mass is 15.2. The lowest BCUT2D eigenvalue weighted by Gasteiger charge is -2.36. The number of aromatic nitrogens is 2. The maximum Gasteiger partial charge on any atom is 0.112 e. The number of piperazine rings is 1. The lowest BCUT2D eigenvalue weighted by molar-refractivity contribution is 0.153. The first-order valence-corrected chi connectivity index (χ1v) is 12.9.